The van der Waals surface area contributed by atoms with Crippen LogP contribution in [0.5, 0.6) is 0 Å². The van der Waals surface area contributed by atoms with E-state index in [2.05, 4.69) is 0 Å². The van der Waals surface area contributed by atoms with Crippen LogP contribution >= 0.6 is 0 Å². The summed E-state index contributed by atoms with van der Waals surface area (Å²) in [7, 11) is 0. The van der Waals surface area contributed by atoms with Crippen molar-refractivity contribution in [3.05, 3.63) is 35.9 Å². The zero-order valence-electron chi connectivity index (χ0n) is 9.78. The molecule has 0 saturated carbocycles. The van der Waals surface area contributed by atoms with Crippen LogP contribution in [-0.4, -0.2) is 11.6 Å². The molecule has 0 unspecified atom stereocenters. The van der Waals surface area contributed by atoms with Crippen molar-refractivity contribution in [3.63, 3.8) is 0 Å². The second-order valence-corrected chi connectivity index (χ2v) is 3.06. The summed E-state index contributed by atoms with van der Waals surface area (Å²) in [5, 5.41) is 0. The third-order valence-corrected chi connectivity index (χ3v) is 1.95. The van der Waals surface area contributed by atoms with Gasteiger partial charge >= 0.3 is 29.6 Å². The van der Waals surface area contributed by atoms with E-state index in [1.807, 2.05) is 18.2 Å². The smallest absolute Gasteiger partial charge is 1.00 e. The Labute approximate surface area is 107 Å². The molecule has 0 aliphatic carbocycles. The Balaban J connectivity index is 0. The van der Waals surface area contributed by atoms with Crippen molar-refractivity contribution < 1.29 is 40.6 Å². The predicted molar refractivity (Wildman–Crippen MR) is 51.7 cm³/mol. The minimum absolute atomic E-state index is 0. The molecule has 3 heteroatoms. The van der Waals surface area contributed by atoms with Gasteiger partial charge in [-0.15, -0.1) is 0 Å². The van der Waals surface area contributed by atoms with Crippen molar-refractivity contribution in [2.45, 2.75) is 19.8 Å². The SMILES string of the molecule is CC(=O)C(C(C)=O)c1ccccc1.[H-].[Na+]. The molecule has 0 aliphatic heterocycles. The third-order valence-electron chi connectivity index (χ3n) is 1.95. The molecule has 0 spiro atoms. The summed E-state index contributed by atoms with van der Waals surface area (Å²) in [5.74, 6) is -0.779. The van der Waals surface area contributed by atoms with Crippen molar-refractivity contribution in [3.8, 4) is 0 Å². The Morgan fingerprint density at radius 2 is 1.50 bits per heavy atom. The first kappa shape index (κ1) is 13.6. The Kier molecular flexibility index (Phi) is 5.93. The summed E-state index contributed by atoms with van der Waals surface area (Å²) in [6.07, 6.45) is 0. The van der Waals surface area contributed by atoms with Gasteiger partial charge in [-0.05, 0) is 19.4 Å². The van der Waals surface area contributed by atoms with Crippen LogP contribution in [0.3, 0.4) is 0 Å². The Morgan fingerprint density at radius 1 is 1.07 bits per heavy atom. The van der Waals surface area contributed by atoms with E-state index in [-0.39, 0.29) is 42.6 Å². The number of hydrogen-bond donors (Lipinski definition) is 0. The first-order valence-corrected chi connectivity index (χ1v) is 4.18. The molecule has 1 aromatic rings. The number of hydrogen-bond acceptors (Lipinski definition) is 2. The van der Waals surface area contributed by atoms with Gasteiger partial charge in [0.1, 0.15) is 17.5 Å². The van der Waals surface area contributed by atoms with Gasteiger partial charge in [-0.2, -0.15) is 0 Å². The van der Waals surface area contributed by atoms with Crippen LogP contribution in [0.1, 0.15) is 26.8 Å². The number of benzene rings is 1. The third kappa shape index (κ3) is 3.37. The van der Waals surface area contributed by atoms with Gasteiger partial charge in [0.2, 0.25) is 0 Å². The van der Waals surface area contributed by atoms with Crippen LogP contribution in [-0.2, 0) is 9.59 Å². The zero-order valence-corrected chi connectivity index (χ0v) is 10.8. The number of rotatable bonds is 3. The number of carbonyl (C=O) groups is 2. The maximum absolute atomic E-state index is 11.2. The topological polar surface area (TPSA) is 34.1 Å². The molecule has 0 aromatic heterocycles. The molecule has 0 saturated heterocycles. The summed E-state index contributed by atoms with van der Waals surface area (Å²) in [6.45, 7) is 2.89. The molecule has 2 nitrogen and oxygen atoms in total. The van der Waals surface area contributed by atoms with Gasteiger partial charge in [0, 0.05) is 0 Å². The number of Topliss-reactive ketones (excluding diaryl/α,β-unsaturated/α-hetero) is 2. The molecular formula is C11H13NaO2. The molecule has 0 radical (unpaired) electrons. The van der Waals surface area contributed by atoms with Gasteiger partial charge < -0.3 is 1.43 Å². The van der Waals surface area contributed by atoms with Crippen molar-refractivity contribution >= 4 is 11.6 Å². The number of carbonyl (C=O) groups excluding carboxylic acids is 2. The normalized spacial score (nSPS) is 9.36. The van der Waals surface area contributed by atoms with Crippen LogP contribution in [0.2, 0.25) is 0 Å². The molecule has 0 aliphatic rings. The van der Waals surface area contributed by atoms with Crippen LogP contribution in [0, 0.1) is 0 Å². The zero-order chi connectivity index (χ0) is 9.84. The van der Waals surface area contributed by atoms with E-state index in [1.165, 1.54) is 13.8 Å². The minimum Gasteiger partial charge on any atom is -1.00 e. The van der Waals surface area contributed by atoms with Crippen LogP contribution < -0.4 is 29.6 Å². The summed E-state index contributed by atoms with van der Waals surface area (Å²) >= 11 is 0. The second-order valence-electron chi connectivity index (χ2n) is 3.06. The number of ketones is 2. The van der Waals surface area contributed by atoms with Gasteiger partial charge in [-0.25, -0.2) is 0 Å². The first-order valence-electron chi connectivity index (χ1n) is 4.18. The Bertz CT molecular complexity index is 311. The standard InChI is InChI=1S/C11H12O2.Na.H/c1-8(12)11(9(2)13)10-6-4-3-5-7-10;;/h3-7,11H,1-2H3;;/q;+1;-1. The molecule has 0 amide bonds. The van der Waals surface area contributed by atoms with E-state index in [0.29, 0.717) is 0 Å². The summed E-state index contributed by atoms with van der Waals surface area (Å²) in [4.78, 5) is 22.3. The molecule has 14 heavy (non-hydrogen) atoms. The molecule has 1 rings (SSSR count). The van der Waals surface area contributed by atoms with Crippen molar-refractivity contribution in [2.24, 2.45) is 0 Å². The van der Waals surface area contributed by atoms with Crippen molar-refractivity contribution in [2.75, 3.05) is 0 Å². The van der Waals surface area contributed by atoms with Gasteiger partial charge in [-0.3, -0.25) is 9.59 Å². The molecule has 0 bridgehead atoms. The molecule has 0 N–H and O–H groups in total. The molecule has 0 heterocycles. The molecule has 1 aromatic carbocycles. The summed E-state index contributed by atoms with van der Waals surface area (Å²) in [6, 6.07) is 9.12. The molecule has 0 fully saturated rings. The van der Waals surface area contributed by atoms with Crippen LogP contribution in [0.25, 0.3) is 0 Å². The fourth-order valence-corrected chi connectivity index (χ4v) is 1.40. The van der Waals surface area contributed by atoms with Crippen LogP contribution in [0.15, 0.2) is 30.3 Å². The van der Waals surface area contributed by atoms with Gasteiger partial charge in [0.25, 0.3) is 0 Å². The Morgan fingerprint density at radius 3 is 1.86 bits per heavy atom. The summed E-state index contributed by atoms with van der Waals surface area (Å²) < 4.78 is 0. The Hall–Kier alpha value is -0.440. The summed E-state index contributed by atoms with van der Waals surface area (Å²) in [5.41, 5.74) is 0.780. The average molecular weight is 200 g/mol. The maximum atomic E-state index is 11.2. The van der Waals surface area contributed by atoms with E-state index in [1.54, 1.807) is 12.1 Å². The van der Waals surface area contributed by atoms with E-state index in [4.69, 9.17) is 0 Å². The van der Waals surface area contributed by atoms with Crippen LogP contribution in [0.4, 0.5) is 0 Å². The van der Waals surface area contributed by atoms with E-state index < -0.39 is 5.92 Å². The van der Waals surface area contributed by atoms with E-state index in [9.17, 15) is 9.59 Å². The molecule has 70 valence electrons. The predicted octanol–water partition coefficient (Wildman–Crippen LogP) is -0.935. The first-order chi connectivity index (χ1) is 6.13. The second kappa shape index (κ2) is 6.12. The minimum atomic E-state index is -0.582. The monoisotopic (exact) mass is 200 g/mol. The van der Waals surface area contributed by atoms with E-state index in [0.717, 1.165) is 5.56 Å². The van der Waals surface area contributed by atoms with Crippen molar-refractivity contribution in [1.29, 1.82) is 0 Å². The molecular weight excluding hydrogens is 187 g/mol. The average Bonchev–Trinajstić information content (AvgIpc) is 2.04. The van der Waals surface area contributed by atoms with E-state index >= 15 is 0 Å². The fraction of sp³-hybridized carbons (Fsp3) is 0.273. The quantitative estimate of drug-likeness (QED) is 0.466. The maximum Gasteiger partial charge on any atom is 1.00 e. The fourth-order valence-electron chi connectivity index (χ4n) is 1.40. The van der Waals surface area contributed by atoms with Gasteiger partial charge in [0.05, 0.1) is 0 Å². The van der Waals surface area contributed by atoms with Gasteiger partial charge in [0.15, 0.2) is 0 Å². The molecule has 0 atom stereocenters. The van der Waals surface area contributed by atoms with Gasteiger partial charge in [-0.1, -0.05) is 30.3 Å². The largest absolute Gasteiger partial charge is 1.00 e. The van der Waals surface area contributed by atoms with Crippen molar-refractivity contribution in [1.82, 2.24) is 0 Å².